The van der Waals surface area contributed by atoms with Crippen LogP contribution in [0.1, 0.15) is 33.1 Å². The molecule has 1 heterocycles. The monoisotopic (exact) mass is 561 g/mol. The summed E-state index contributed by atoms with van der Waals surface area (Å²) in [6.07, 6.45) is 1.32. The molecule has 8 nitrogen and oxygen atoms in total. The maximum absolute atomic E-state index is 11.2. The smallest absolute Gasteiger partial charge is 0.322 e. The second kappa shape index (κ2) is 15.0. The summed E-state index contributed by atoms with van der Waals surface area (Å²) >= 11 is 0. The first-order chi connectivity index (χ1) is 10.8. The van der Waals surface area contributed by atoms with Crippen molar-refractivity contribution in [1.82, 2.24) is 16.0 Å². The number of carbonyl (C=O) groups excluding carboxylic acids is 3. The van der Waals surface area contributed by atoms with Crippen LogP contribution in [0.4, 0.5) is 0 Å². The van der Waals surface area contributed by atoms with Crippen molar-refractivity contribution in [1.29, 1.82) is 0 Å². The van der Waals surface area contributed by atoms with Gasteiger partial charge in [-0.1, -0.05) is 13.8 Å². The molecule has 0 aromatic rings. The molecule has 1 saturated heterocycles. The van der Waals surface area contributed by atoms with Gasteiger partial charge in [0.05, 0.1) is 13.2 Å². The standard InChI is InChI=1S/C8H16N2O.C7H14N2O3.Th/c1-6(2)5-7-8(11)10-4-3-9-7;1-9-5(7(11)12-2)3-4-6(8)10;/h6-7,9H,3-5H2,1-2H3,(H,10,11);5,9H,3-4H2,1-2H3,(H2,8,10);/p-1/t7-;;/m0../s1. The molecule has 1 unspecified atom stereocenters. The van der Waals surface area contributed by atoms with Gasteiger partial charge in [0, 0.05) is 58.9 Å². The number of hydrogen-bond donors (Lipinski definition) is 3. The summed E-state index contributed by atoms with van der Waals surface area (Å²) in [6.45, 7) is 5.93. The van der Waals surface area contributed by atoms with Crippen molar-refractivity contribution in [2.45, 2.75) is 45.2 Å². The summed E-state index contributed by atoms with van der Waals surface area (Å²) < 4.78 is 4.46. The Kier molecular flexibility index (Phi) is 16.1. The van der Waals surface area contributed by atoms with E-state index in [0.29, 0.717) is 12.3 Å². The first-order valence-electron chi connectivity index (χ1n) is 7.82. The molecule has 0 radical (unpaired) electrons. The summed E-state index contributed by atoms with van der Waals surface area (Å²) in [5.41, 5.74) is 6.63. The quantitative estimate of drug-likeness (QED) is 0.383. The van der Waals surface area contributed by atoms with Crippen LogP contribution in [-0.2, 0) is 19.1 Å². The van der Waals surface area contributed by atoms with E-state index in [1.165, 1.54) is 7.11 Å². The number of ether oxygens (including phenoxy) is 1. The minimum Gasteiger partial charge on any atom is -0.668 e. The third kappa shape index (κ3) is 12.1. The molecular weight excluding hydrogens is 532 g/mol. The minimum absolute atomic E-state index is 0. The number of esters is 1. The van der Waals surface area contributed by atoms with Crippen LogP contribution >= 0.6 is 0 Å². The van der Waals surface area contributed by atoms with E-state index in [1.54, 1.807) is 7.05 Å². The number of amides is 2. The Morgan fingerprint density at radius 1 is 1.38 bits per heavy atom. The number of piperazine rings is 1. The molecule has 4 N–H and O–H groups in total. The second-order valence-electron chi connectivity index (χ2n) is 5.75. The molecule has 2 atom stereocenters. The maximum atomic E-state index is 11.2. The SMILES string of the molecule is CC(C)C[C@@H]1NCCNC1=O.CNC(CCC([NH-])=O)C(=O)OC.[Th]. The van der Waals surface area contributed by atoms with Gasteiger partial charge in [0.1, 0.15) is 6.04 Å². The van der Waals surface area contributed by atoms with Gasteiger partial charge in [-0.2, -0.15) is 0 Å². The van der Waals surface area contributed by atoms with Gasteiger partial charge >= 0.3 is 5.97 Å². The molecule has 2 amide bonds. The van der Waals surface area contributed by atoms with E-state index in [0.717, 1.165) is 19.5 Å². The van der Waals surface area contributed by atoms with E-state index < -0.39 is 17.9 Å². The van der Waals surface area contributed by atoms with E-state index in [4.69, 9.17) is 5.73 Å². The molecule has 0 aromatic carbocycles. The van der Waals surface area contributed by atoms with Gasteiger partial charge in [-0.05, 0) is 32.2 Å². The first kappa shape index (κ1) is 25.9. The van der Waals surface area contributed by atoms with Gasteiger partial charge in [0.15, 0.2) is 0 Å². The van der Waals surface area contributed by atoms with Crippen LogP contribution in [-0.4, -0.2) is 57.1 Å². The fourth-order valence-electron chi connectivity index (χ4n) is 2.11. The summed E-state index contributed by atoms with van der Waals surface area (Å²) in [4.78, 5) is 32.3. The zero-order chi connectivity index (χ0) is 17.8. The Hall–Kier alpha value is -0.345. The van der Waals surface area contributed by atoms with Gasteiger partial charge in [-0.25, -0.2) is 0 Å². The van der Waals surface area contributed by atoms with Crippen molar-refractivity contribution in [2.24, 2.45) is 5.92 Å². The Bertz CT molecular complexity index is 394. The maximum Gasteiger partial charge on any atom is 0.322 e. The summed E-state index contributed by atoms with van der Waals surface area (Å²) in [7, 11) is 2.89. The molecule has 0 saturated carbocycles. The van der Waals surface area contributed by atoms with E-state index in [9.17, 15) is 14.4 Å². The van der Waals surface area contributed by atoms with Crippen molar-refractivity contribution in [3.8, 4) is 0 Å². The number of likely N-dealkylation sites (N-methyl/N-ethyl adjacent to an activating group) is 1. The predicted octanol–water partition coefficient (Wildman–Crippen LogP) is 0.227. The fourth-order valence-corrected chi connectivity index (χ4v) is 2.11. The molecule has 1 fully saturated rings. The fraction of sp³-hybridized carbons (Fsp3) is 0.800. The number of hydrogen-bond acceptors (Lipinski definition) is 6. The second-order valence-corrected chi connectivity index (χ2v) is 5.75. The predicted molar refractivity (Wildman–Crippen MR) is 87.7 cm³/mol. The number of carbonyl (C=O) groups is 3. The molecule has 1 aliphatic heterocycles. The molecule has 1 rings (SSSR count). The zero-order valence-electron chi connectivity index (χ0n) is 14.9. The van der Waals surface area contributed by atoms with E-state index in [1.807, 2.05) is 0 Å². The Balaban J connectivity index is 0. The van der Waals surface area contributed by atoms with Crippen LogP contribution in [0.25, 0.3) is 5.73 Å². The minimum atomic E-state index is -0.667. The number of rotatable bonds is 7. The molecule has 24 heavy (non-hydrogen) atoms. The van der Waals surface area contributed by atoms with E-state index in [-0.39, 0.29) is 58.3 Å². The van der Waals surface area contributed by atoms with Gasteiger partial charge in [-0.3, -0.25) is 9.59 Å². The van der Waals surface area contributed by atoms with Crippen molar-refractivity contribution in [3.63, 3.8) is 0 Å². The van der Waals surface area contributed by atoms with Crippen LogP contribution in [0.2, 0.25) is 0 Å². The van der Waals surface area contributed by atoms with Gasteiger partial charge in [0.25, 0.3) is 0 Å². The van der Waals surface area contributed by atoms with Crippen molar-refractivity contribution >= 4 is 17.8 Å². The molecule has 138 valence electrons. The molecular formula is C15H29N4O4Th-. The molecule has 1 aliphatic rings. The van der Waals surface area contributed by atoms with Crippen LogP contribution in [0.15, 0.2) is 0 Å². The first-order valence-corrected chi connectivity index (χ1v) is 7.82. The van der Waals surface area contributed by atoms with Crippen molar-refractivity contribution in [3.05, 3.63) is 5.73 Å². The van der Waals surface area contributed by atoms with Crippen LogP contribution in [0.5, 0.6) is 0 Å². The normalized spacial score (nSPS) is 17.7. The van der Waals surface area contributed by atoms with Gasteiger partial charge < -0.3 is 31.2 Å². The summed E-state index contributed by atoms with van der Waals surface area (Å²) in [5, 5.41) is 8.72. The van der Waals surface area contributed by atoms with E-state index in [2.05, 4.69) is 34.5 Å². The summed E-state index contributed by atoms with van der Waals surface area (Å²) in [6, 6.07) is -0.437. The third-order valence-corrected chi connectivity index (χ3v) is 3.33. The third-order valence-electron chi connectivity index (χ3n) is 3.33. The van der Waals surface area contributed by atoms with Crippen LogP contribution < -0.4 is 16.0 Å². The topological polar surface area (TPSA) is 120 Å². The molecule has 0 bridgehead atoms. The largest absolute Gasteiger partial charge is 0.668 e. The molecule has 9 heteroatoms. The summed E-state index contributed by atoms with van der Waals surface area (Å²) in [5.74, 6) is -0.334. The van der Waals surface area contributed by atoms with Gasteiger partial charge in [0.2, 0.25) is 5.91 Å². The van der Waals surface area contributed by atoms with Crippen molar-refractivity contribution < 1.29 is 59.1 Å². The zero-order valence-corrected chi connectivity index (χ0v) is 19.0. The van der Waals surface area contributed by atoms with E-state index >= 15 is 0 Å². The molecule has 0 spiro atoms. The van der Waals surface area contributed by atoms with Gasteiger partial charge in [-0.15, -0.1) is 0 Å². The van der Waals surface area contributed by atoms with Crippen LogP contribution in [0, 0.1) is 45.9 Å². The average Bonchev–Trinajstić information content (AvgIpc) is 2.50. The average molecular weight is 561 g/mol. The Morgan fingerprint density at radius 2 is 2.00 bits per heavy atom. The number of nitrogens with one attached hydrogen (secondary N) is 4. The van der Waals surface area contributed by atoms with Crippen molar-refractivity contribution in [2.75, 3.05) is 27.2 Å². The Labute approximate surface area is 176 Å². The number of methoxy groups -OCH3 is 1. The molecule has 0 aliphatic carbocycles. The Morgan fingerprint density at radius 3 is 2.42 bits per heavy atom. The molecule has 0 aromatic heterocycles. The van der Waals surface area contributed by atoms with Crippen LogP contribution in [0.3, 0.4) is 0 Å².